The van der Waals surface area contributed by atoms with Crippen LogP contribution in [0.2, 0.25) is 0 Å². The number of ether oxygens (including phenoxy) is 3. The molecule has 166 valence electrons. The van der Waals surface area contributed by atoms with Gasteiger partial charge in [0.25, 0.3) is 0 Å². The van der Waals surface area contributed by atoms with Crippen LogP contribution in [-0.2, 0) is 0 Å². The molecule has 0 saturated carbocycles. The molecule has 3 heterocycles. The Hall–Kier alpha value is -3.65. The molecule has 8 nitrogen and oxygen atoms in total. The molecule has 4 aromatic rings. The van der Waals surface area contributed by atoms with E-state index in [0.29, 0.717) is 41.3 Å². The Morgan fingerprint density at radius 3 is 2.38 bits per heavy atom. The van der Waals surface area contributed by atoms with Crippen molar-refractivity contribution < 1.29 is 14.2 Å². The van der Waals surface area contributed by atoms with Crippen molar-refractivity contribution >= 4 is 27.5 Å². The summed E-state index contributed by atoms with van der Waals surface area (Å²) in [5, 5.41) is 2.56. The first-order valence-electron chi connectivity index (χ1n) is 10.4. The molecule has 0 bridgehead atoms. The summed E-state index contributed by atoms with van der Waals surface area (Å²) >= 11 is 0. The molecule has 1 atom stereocenters. The van der Waals surface area contributed by atoms with Crippen LogP contribution in [-0.4, -0.2) is 41.8 Å². The Labute approximate surface area is 186 Å². The SMILES string of the molecule is COc1cc2ncc3c(N)nc(-c4cncc(OC[C@H](N)C(C)C)c4)cc3c2cc1OC. The third-order valence-corrected chi connectivity index (χ3v) is 5.52. The van der Waals surface area contributed by atoms with E-state index in [2.05, 4.69) is 28.8 Å². The number of benzene rings is 1. The van der Waals surface area contributed by atoms with Crippen LogP contribution in [0.3, 0.4) is 0 Å². The standard InChI is InChI=1S/C24H27N5O3/c1-13(2)19(25)12-32-15-5-14(9-27-10-15)20-6-16-17-7-22(30-3)23(31-4)8-21(17)28-11-18(16)24(26)29-20/h5-11,13,19H,12,25H2,1-4H3,(H2,26,29)/t19-/m0/s1. The zero-order valence-electron chi connectivity index (χ0n) is 18.6. The maximum absolute atomic E-state index is 6.31. The van der Waals surface area contributed by atoms with E-state index in [0.717, 1.165) is 27.2 Å². The molecule has 4 N–H and O–H groups in total. The van der Waals surface area contributed by atoms with E-state index >= 15 is 0 Å². The number of rotatable bonds is 7. The fraction of sp³-hybridized carbons (Fsp3) is 0.292. The minimum absolute atomic E-state index is 0.0565. The Balaban J connectivity index is 1.80. The monoisotopic (exact) mass is 433 g/mol. The van der Waals surface area contributed by atoms with Crippen LogP contribution in [0.15, 0.2) is 42.9 Å². The van der Waals surface area contributed by atoms with Crippen molar-refractivity contribution in [2.24, 2.45) is 11.7 Å². The fourth-order valence-corrected chi connectivity index (χ4v) is 3.43. The van der Waals surface area contributed by atoms with Crippen molar-refractivity contribution in [3.63, 3.8) is 0 Å². The minimum atomic E-state index is -0.0565. The highest BCUT2D eigenvalue weighted by atomic mass is 16.5. The van der Waals surface area contributed by atoms with E-state index in [1.807, 2.05) is 24.3 Å². The summed E-state index contributed by atoms with van der Waals surface area (Å²) in [6, 6.07) is 7.55. The summed E-state index contributed by atoms with van der Waals surface area (Å²) in [5.74, 6) is 2.57. The normalized spacial score (nSPS) is 12.3. The molecular formula is C24H27N5O3. The summed E-state index contributed by atoms with van der Waals surface area (Å²) in [7, 11) is 3.20. The molecule has 8 heteroatoms. The molecule has 0 amide bonds. The molecule has 1 aromatic carbocycles. The molecule has 0 unspecified atom stereocenters. The van der Waals surface area contributed by atoms with Gasteiger partial charge in [-0.1, -0.05) is 13.8 Å². The van der Waals surface area contributed by atoms with Crippen molar-refractivity contribution in [1.82, 2.24) is 15.0 Å². The molecule has 32 heavy (non-hydrogen) atoms. The van der Waals surface area contributed by atoms with E-state index in [4.69, 9.17) is 25.7 Å². The highest BCUT2D eigenvalue weighted by molar-refractivity contribution is 6.10. The first-order valence-corrected chi connectivity index (χ1v) is 10.4. The van der Waals surface area contributed by atoms with Crippen molar-refractivity contribution in [3.8, 4) is 28.5 Å². The van der Waals surface area contributed by atoms with Crippen LogP contribution in [0.25, 0.3) is 32.9 Å². The van der Waals surface area contributed by atoms with Gasteiger partial charge >= 0.3 is 0 Å². The van der Waals surface area contributed by atoms with Gasteiger partial charge in [0.15, 0.2) is 11.5 Å². The van der Waals surface area contributed by atoms with Gasteiger partial charge in [0.2, 0.25) is 0 Å². The van der Waals surface area contributed by atoms with Crippen LogP contribution in [0.1, 0.15) is 13.8 Å². The van der Waals surface area contributed by atoms with E-state index in [1.54, 1.807) is 32.8 Å². The van der Waals surface area contributed by atoms with Gasteiger partial charge in [-0.3, -0.25) is 9.97 Å². The highest BCUT2D eigenvalue weighted by Crippen LogP contribution is 2.37. The molecule has 0 saturated heterocycles. The number of hydrogen-bond acceptors (Lipinski definition) is 8. The molecule has 3 aromatic heterocycles. The van der Waals surface area contributed by atoms with E-state index in [-0.39, 0.29) is 6.04 Å². The molecule has 0 radical (unpaired) electrons. The van der Waals surface area contributed by atoms with E-state index in [9.17, 15) is 0 Å². The Bertz CT molecular complexity index is 1280. The van der Waals surface area contributed by atoms with Gasteiger partial charge in [-0.25, -0.2) is 4.98 Å². The van der Waals surface area contributed by atoms with Gasteiger partial charge in [-0.05, 0) is 29.5 Å². The van der Waals surface area contributed by atoms with Crippen LogP contribution >= 0.6 is 0 Å². The number of aromatic nitrogens is 3. The smallest absolute Gasteiger partial charge is 0.162 e. The molecule has 0 aliphatic carbocycles. The second-order valence-corrected chi connectivity index (χ2v) is 7.96. The van der Waals surface area contributed by atoms with Crippen molar-refractivity contribution in [1.29, 1.82) is 0 Å². The summed E-state index contributed by atoms with van der Waals surface area (Å²) in [6.45, 7) is 4.54. The lowest BCUT2D eigenvalue weighted by Gasteiger charge is -2.16. The van der Waals surface area contributed by atoms with Crippen molar-refractivity contribution in [3.05, 3.63) is 42.9 Å². The summed E-state index contributed by atoms with van der Waals surface area (Å²) in [4.78, 5) is 13.4. The van der Waals surface area contributed by atoms with E-state index < -0.39 is 0 Å². The summed E-state index contributed by atoms with van der Waals surface area (Å²) in [5.41, 5.74) is 14.6. The first-order chi connectivity index (χ1) is 15.4. The third kappa shape index (κ3) is 4.09. The quantitative estimate of drug-likeness (QED) is 0.422. The number of fused-ring (bicyclic) bond motifs is 3. The number of methoxy groups -OCH3 is 2. The van der Waals surface area contributed by atoms with Gasteiger partial charge in [0.1, 0.15) is 18.2 Å². The second kappa shape index (κ2) is 8.84. The average Bonchev–Trinajstić information content (AvgIpc) is 2.81. The first kappa shape index (κ1) is 21.6. The highest BCUT2D eigenvalue weighted by Gasteiger charge is 2.14. The summed E-state index contributed by atoms with van der Waals surface area (Å²) in [6.07, 6.45) is 5.12. The molecular weight excluding hydrogens is 406 g/mol. The van der Waals surface area contributed by atoms with Gasteiger partial charge in [0.05, 0.1) is 31.6 Å². The number of nitrogens with two attached hydrogens (primary N) is 2. The molecule has 4 rings (SSSR count). The van der Waals surface area contributed by atoms with Crippen LogP contribution < -0.4 is 25.7 Å². The van der Waals surface area contributed by atoms with Crippen LogP contribution in [0.5, 0.6) is 17.2 Å². The van der Waals surface area contributed by atoms with Crippen LogP contribution in [0, 0.1) is 5.92 Å². The predicted molar refractivity (Wildman–Crippen MR) is 126 cm³/mol. The maximum Gasteiger partial charge on any atom is 0.162 e. The topological polar surface area (TPSA) is 118 Å². The Kier molecular flexibility index (Phi) is 5.96. The number of nitrogen functional groups attached to an aromatic ring is 1. The zero-order valence-corrected chi connectivity index (χ0v) is 18.6. The van der Waals surface area contributed by atoms with Crippen LogP contribution in [0.4, 0.5) is 5.82 Å². The lowest BCUT2D eigenvalue weighted by Crippen LogP contribution is -2.33. The number of hydrogen-bond donors (Lipinski definition) is 2. The predicted octanol–water partition coefficient (Wildman–Crippen LogP) is 3.81. The van der Waals surface area contributed by atoms with Gasteiger partial charge in [-0.2, -0.15) is 0 Å². The lowest BCUT2D eigenvalue weighted by molar-refractivity contribution is 0.259. The Morgan fingerprint density at radius 2 is 1.66 bits per heavy atom. The number of anilines is 1. The zero-order chi connectivity index (χ0) is 22.8. The van der Waals surface area contributed by atoms with Gasteiger partial charge in [0, 0.05) is 40.8 Å². The van der Waals surface area contributed by atoms with Crippen molar-refractivity contribution in [2.75, 3.05) is 26.6 Å². The second-order valence-electron chi connectivity index (χ2n) is 7.96. The number of nitrogens with zero attached hydrogens (tertiary/aromatic N) is 3. The number of pyridine rings is 3. The third-order valence-electron chi connectivity index (χ3n) is 5.52. The van der Waals surface area contributed by atoms with E-state index in [1.165, 1.54) is 0 Å². The maximum atomic E-state index is 6.31. The summed E-state index contributed by atoms with van der Waals surface area (Å²) < 4.78 is 16.7. The minimum Gasteiger partial charge on any atom is -0.493 e. The lowest BCUT2D eigenvalue weighted by atomic mass is 10.0. The molecule has 0 fully saturated rings. The fourth-order valence-electron chi connectivity index (χ4n) is 3.43. The molecule has 0 aliphatic rings. The van der Waals surface area contributed by atoms with Gasteiger partial charge in [-0.15, -0.1) is 0 Å². The molecule has 0 spiro atoms. The Morgan fingerprint density at radius 1 is 0.906 bits per heavy atom. The van der Waals surface area contributed by atoms with Gasteiger partial charge < -0.3 is 25.7 Å². The average molecular weight is 434 g/mol. The largest absolute Gasteiger partial charge is 0.493 e. The van der Waals surface area contributed by atoms with Crippen molar-refractivity contribution in [2.45, 2.75) is 19.9 Å². The molecule has 0 aliphatic heterocycles.